The lowest BCUT2D eigenvalue weighted by Crippen LogP contribution is -2.31. The second-order valence-electron chi connectivity index (χ2n) is 7.40. The molecule has 0 amide bonds. The van der Waals surface area contributed by atoms with Gasteiger partial charge >= 0.3 is 5.97 Å². The first-order valence-electron chi connectivity index (χ1n) is 8.69. The molecular formula is C19H32O2Si. The van der Waals surface area contributed by atoms with Crippen LogP contribution in [-0.4, -0.2) is 19.1 Å². The summed E-state index contributed by atoms with van der Waals surface area (Å²) in [5.74, 6) is -0.841. The van der Waals surface area contributed by atoms with Crippen molar-refractivity contribution in [1.29, 1.82) is 0 Å². The molecule has 3 heteroatoms. The Hall–Kier alpha value is -1.09. The molecule has 0 spiro atoms. The van der Waals surface area contributed by atoms with E-state index in [2.05, 4.69) is 26.6 Å². The molecule has 0 aliphatic rings. The van der Waals surface area contributed by atoms with Gasteiger partial charge in [0.05, 0.1) is 13.6 Å². The molecule has 0 radical (unpaired) electrons. The molecule has 0 saturated carbocycles. The average Bonchev–Trinajstić information content (AvgIpc) is 2.45. The third kappa shape index (κ3) is 6.35. The van der Waals surface area contributed by atoms with Gasteiger partial charge in [-0.2, -0.15) is 0 Å². The van der Waals surface area contributed by atoms with Crippen molar-refractivity contribution in [3.63, 3.8) is 0 Å². The van der Waals surface area contributed by atoms with Gasteiger partial charge in [0.2, 0.25) is 0 Å². The van der Waals surface area contributed by atoms with E-state index in [1.807, 2.05) is 12.1 Å². The van der Waals surface area contributed by atoms with E-state index in [-0.39, 0.29) is 0 Å². The number of aromatic carboxylic acids is 1. The Kier molecular flexibility index (Phi) is 7.87. The van der Waals surface area contributed by atoms with Gasteiger partial charge in [-0.05, 0) is 29.7 Å². The van der Waals surface area contributed by atoms with E-state index in [0.717, 1.165) is 0 Å². The number of carbonyl (C=O) groups is 1. The second-order valence-corrected chi connectivity index (χ2v) is 12.8. The Morgan fingerprint density at radius 1 is 1.00 bits per heavy atom. The summed E-state index contributed by atoms with van der Waals surface area (Å²) >= 11 is 0. The summed E-state index contributed by atoms with van der Waals surface area (Å²) < 4.78 is 0. The molecule has 0 aliphatic carbocycles. The first-order chi connectivity index (χ1) is 10.4. The largest absolute Gasteiger partial charge is 0.478 e. The molecule has 1 unspecified atom stereocenters. The van der Waals surface area contributed by atoms with Crippen LogP contribution in [0.2, 0.25) is 19.6 Å². The van der Waals surface area contributed by atoms with Crippen LogP contribution in [0.4, 0.5) is 0 Å². The van der Waals surface area contributed by atoms with Crippen molar-refractivity contribution < 1.29 is 9.90 Å². The number of rotatable bonds is 10. The molecule has 0 fully saturated rings. The zero-order valence-electron chi connectivity index (χ0n) is 14.7. The molecular weight excluding hydrogens is 288 g/mol. The van der Waals surface area contributed by atoms with E-state index in [1.54, 1.807) is 12.1 Å². The first kappa shape index (κ1) is 19.0. The fourth-order valence-corrected chi connectivity index (χ4v) is 5.35. The topological polar surface area (TPSA) is 37.3 Å². The number of benzene rings is 1. The van der Waals surface area contributed by atoms with Gasteiger partial charge in [0.25, 0.3) is 0 Å². The molecule has 0 bridgehead atoms. The number of carboxylic acid groups (broad SMARTS) is 1. The highest BCUT2D eigenvalue weighted by molar-refractivity contribution is 6.77. The number of carboxylic acids is 1. The summed E-state index contributed by atoms with van der Waals surface area (Å²) in [7, 11) is -1.29. The quantitative estimate of drug-likeness (QED) is 0.418. The summed E-state index contributed by atoms with van der Waals surface area (Å²) in [4.78, 5) is 11.0. The normalized spacial score (nSPS) is 13.1. The highest BCUT2D eigenvalue weighted by Crippen LogP contribution is 2.32. The van der Waals surface area contributed by atoms with Crippen molar-refractivity contribution in [3.8, 4) is 0 Å². The van der Waals surface area contributed by atoms with E-state index < -0.39 is 14.0 Å². The SMILES string of the molecule is CCCCCCCCC(c1ccc(C(=O)O)cc1)[Si](C)(C)C. The molecule has 1 aromatic carbocycles. The van der Waals surface area contributed by atoms with E-state index in [9.17, 15) is 4.79 Å². The summed E-state index contributed by atoms with van der Waals surface area (Å²) in [5, 5.41) is 9.03. The number of unbranched alkanes of at least 4 members (excludes halogenated alkanes) is 5. The van der Waals surface area contributed by atoms with Gasteiger partial charge in [-0.3, -0.25) is 0 Å². The maximum Gasteiger partial charge on any atom is 0.335 e. The van der Waals surface area contributed by atoms with Gasteiger partial charge in [0.1, 0.15) is 0 Å². The van der Waals surface area contributed by atoms with E-state index in [4.69, 9.17) is 5.11 Å². The summed E-state index contributed by atoms with van der Waals surface area (Å²) in [6, 6.07) is 7.57. The Bertz CT molecular complexity index is 445. The molecule has 0 saturated heterocycles. The van der Waals surface area contributed by atoms with Crippen LogP contribution in [0.3, 0.4) is 0 Å². The van der Waals surface area contributed by atoms with Gasteiger partial charge in [0.15, 0.2) is 0 Å². The molecule has 2 nitrogen and oxygen atoms in total. The molecule has 0 aliphatic heterocycles. The molecule has 1 atom stereocenters. The van der Waals surface area contributed by atoms with Crippen LogP contribution in [0.15, 0.2) is 24.3 Å². The van der Waals surface area contributed by atoms with Gasteiger partial charge < -0.3 is 5.11 Å². The first-order valence-corrected chi connectivity index (χ1v) is 12.3. The van der Waals surface area contributed by atoms with Gasteiger partial charge in [0, 0.05) is 0 Å². The van der Waals surface area contributed by atoms with Crippen molar-refractivity contribution in [2.24, 2.45) is 0 Å². The summed E-state index contributed by atoms with van der Waals surface area (Å²) in [6.45, 7) is 9.50. The number of hydrogen-bond donors (Lipinski definition) is 1. The minimum Gasteiger partial charge on any atom is -0.478 e. The zero-order chi connectivity index (χ0) is 16.6. The molecule has 124 valence electrons. The van der Waals surface area contributed by atoms with Gasteiger partial charge in [-0.1, -0.05) is 77.2 Å². The minimum atomic E-state index is -1.29. The predicted octanol–water partition coefficient (Wildman–Crippen LogP) is 6.10. The lowest BCUT2D eigenvalue weighted by Gasteiger charge is -2.29. The van der Waals surface area contributed by atoms with Crippen LogP contribution in [-0.2, 0) is 0 Å². The van der Waals surface area contributed by atoms with Crippen LogP contribution < -0.4 is 0 Å². The summed E-state index contributed by atoms with van der Waals surface area (Å²) in [6.07, 6.45) is 9.23. The Morgan fingerprint density at radius 2 is 1.55 bits per heavy atom. The van der Waals surface area contributed by atoms with Crippen molar-refractivity contribution in [3.05, 3.63) is 35.4 Å². The van der Waals surface area contributed by atoms with Crippen LogP contribution in [0.5, 0.6) is 0 Å². The third-order valence-electron chi connectivity index (χ3n) is 4.45. The lowest BCUT2D eigenvalue weighted by molar-refractivity contribution is 0.0697. The molecule has 0 heterocycles. The molecule has 1 aromatic rings. The maximum absolute atomic E-state index is 11.0. The molecule has 22 heavy (non-hydrogen) atoms. The Balaban J connectivity index is 2.63. The Labute approximate surface area is 137 Å². The Morgan fingerprint density at radius 3 is 2.05 bits per heavy atom. The van der Waals surface area contributed by atoms with E-state index in [1.165, 1.54) is 50.5 Å². The van der Waals surface area contributed by atoms with Crippen molar-refractivity contribution in [2.45, 2.75) is 77.1 Å². The number of hydrogen-bond acceptors (Lipinski definition) is 1. The van der Waals surface area contributed by atoms with Crippen LogP contribution >= 0.6 is 0 Å². The highest BCUT2D eigenvalue weighted by Gasteiger charge is 2.27. The standard InChI is InChI=1S/C19H32O2Si/c1-5-6-7-8-9-10-11-18(22(2,3)4)16-12-14-17(15-13-16)19(20)21/h12-15,18H,5-11H2,1-4H3,(H,20,21). The van der Waals surface area contributed by atoms with Crippen LogP contribution in [0.25, 0.3) is 0 Å². The molecule has 0 aromatic heterocycles. The van der Waals surface area contributed by atoms with Crippen molar-refractivity contribution in [2.75, 3.05) is 0 Å². The second kappa shape index (κ2) is 9.14. The fourth-order valence-electron chi connectivity index (χ4n) is 3.09. The summed E-state index contributed by atoms with van der Waals surface area (Å²) in [5.41, 5.74) is 2.34. The molecule has 1 N–H and O–H groups in total. The van der Waals surface area contributed by atoms with E-state index >= 15 is 0 Å². The van der Waals surface area contributed by atoms with Crippen LogP contribution in [0.1, 0.15) is 73.3 Å². The van der Waals surface area contributed by atoms with Gasteiger partial charge in [-0.15, -0.1) is 0 Å². The lowest BCUT2D eigenvalue weighted by atomic mass is 10.0. The fraction of sp³-hybridized carbons (Fsp3) is 0.632. The smallest absolute Gasteiger partial charge is 0.335 e. The zero-order valence-corrected chi connectivity index (χ0v) is 15.7. The van der Waals surface area contributed by atoms with E-state index in [0.29, 0.717) is 11.1 Å². The van der Waals surface area contributed by atoms with Crippen LogP contribution in [0, 0.1) is 0 Å². The third-order valence-corrected chi connectivity index (χ3v) is 7.16. The molecule has 1 rings (SSSR count). The predicted molar refractivity (Wildman–Crippen MR) is 97.5 cm³/mol. The minimum absolute atomic E-state index is 0.387. The maximum atomic E-state index is 11.0. The van der Waals surface area contributed by atoms with Gasteiger partial charge in [-0.25, -0.2) is 4.79 Å². The monoisotopic (exact) mass is 320 g/mol. The van der Waals surface area contributed by atoms with Crippen molar-refractivity contribution >= 4 is 14.0 Å². The average molecular weight is 321 g/mol. The highest BCUT2D eigenvalue weighted by atomic mass is 28.3. The van der Waals surface area contributed by atoms with Crippen molar-refractivity contribution in [1.82, 2.24) is 0 Å².